The van der Waals surface area contributed by atoms with E-state index in [1.54, 1.807) is 39.0 Å². The van der Waals surface area contributed by atoms with Crippen LogP contribution in [0.15, 0.2) is 42.9 Å². The number of alkyl halides is 3. The van der Waals surface area contributed by atoms with Crippen LogP contribution >= 0.6 is 0 Å². The number of hydrogen-bond acceptors (Lipinski definition) is 6. The molecule has 35 heavy (non-hydrogen) atoms. The van der Waals surface area contributed by atoms with Gasteiger partial charge in [-0.15, -0.1) is 0 Å². The van der Waals surface area contributed by atoms with E-state index in [0.717, 1.165) is 29.0 Å². The quantitative estimate of drug-likeness (QED) is 0.594. The van der Waals surface area contributed by atoms with Gasteiger partial charge in [-0.05, 0) is 36.2 Å². The highest BCUT2D eigenvalue weighted by Gasteiger charge is 2.32. The molecule has 0 aliphatic carbocycles. The Morgan fingerprint density at radius 3 is 2.46 bits per heavy atom. The lowest BCUT2D eigenvalue weighted by Crippen LogP contribution is -2.50. The number of anilines is 2. The molecule has 1 aliphatic rings. The summed E-state index contributed by atoms with van der Waals surface area (Å²) in [4.78, 5) is 35.0. The standard InChI is InChI=1S/C23H24F3N7O2/c1-15-9-17(11-19(10-15)29-22-27-4-3-20(30-22)23(24,25)26)18-12-28-33(13-18)14-21(35)32-7-5-31(6-8-32)16(2)34/h3-4,9-13H,5-8,14H2,1-2H3,(H,27,29,30). The van der Waals surface area contributed by atoms with Gasteiger partial charge in [0.25, 0.3) is 0 Å². The number of carbonyl (C=O) groups excluding carboxylic acids is 2. The van der Waals surface area contributed by atoms with Crippen LogP contribution in [-0.4, -0.2) is 67.5 Å². The minimum Gasteiger partial charge on any atom is -0.339 e. The molecule has 1 saturated heterocycles. The minimum atomic E-state index is -4.57. The van der Waals surface area contributed by atoms with Gasteiger partial charge >= 0.3 is 6.18 Å². The lowest BCUT2D eigenvalue weighted by molar-refractivity contribution is -0.141. The van der Waals surface area contributed by atoms with Crippen molar-refractivity contribution in [2.75, 3.05) is 31.5 Å². The van der Waals surface area contributed by atoms with E-state index in [1.165, 1.54) is 6.92 Å². The highest BCUT2D eigenvalue weighted by Crippen LogP contribution is 2.29. The zero-order valence-electron chi connectivity index (χ0n) is 19.2. The number of aryl methyl sites for hydroxylation is 1. The Morgan fingerprint density at radius 2 is 1.77 bits per heavy atom. The van der Waals surface area contributed by atoms with Crippen molar-refractivity contribution in [1.82, 2.24) is 29.5 Å². The molecule has 0 unspecified atom stereocenters. The van der Waals surface area contributed by atoms with Crippen LogP contribution in [0, 0.1) is 6.92 Å². The molecule has 0 atom stereocenters. The number of benzene rings is 1. The topological polar surface area (TPSA) is 96.2 Å². The molecule has 2 amide bonds. The van der Waals surface area contributed by atoms with Crippen molar-refractivity contribution in [2.24, 2.45) is 0 Å². The van der Waals surface area contributed by atoms with Crippen molar-refractivity contribution in [1.29, 1.82) is 0 Å². The third-order valence-electron chi connectivity index (χ3n) is 5.62. The number of nitrogens with one attached hydrogen (secondary N) is 1. The van der Waals surface area contributed by atoms with E-state index in [4.69, 9.17) is 0 Å². The van der Waals surface area contributed by atoms with Crippen LogP contribution in [0.5, 0.6) is 0 Å². The normalized spacial score (nSPS) is 14.2. The fourth-order valence-corrected chi connectivity index (χ4v) is 3.84. The molecular formula is C23H24F3N7O2. The molecule has 0 radical (unpaired) electrons. The number of halogens is 3. The lowest BCUT2D eigenvalue weighted by Gasteiger charge is -2.34. The highest BCUT2D eigenvalue weighted by molar-refractivity contribution is 5.77. The van der Waals surface area contributed by atoms with Gasteiger partial charge in [-0.2, -0.15) is 18.3 Å². The SMILES string of the molecule is CC(=O)N1CCN(C(=O)Cn2cc(-c3cc(C)cc(Nc4nccc(C(F)(F)F)n4)c3)cn2)CC1. The summed E-state index contributed by atoms with van der Waals surface area (Å²) in [6.45, 7) is 5.43. The Hall–Kier alpha value is -3.96. The van der Waals surface area contributed by atoms with Crippen molar-refractivity contribution < 1.29 is 22.8 Å². The van der Waals surface area contributed by atoms with E-state index in [2.05, 4.69) is 20.4 Å². The van der Waals surface area contributed by atoms with Crippen molar-refractivity contribution in [2.45, 2.75) is 26.6 Å². The van der Waals surface area contributed by atoms with Gasteiger partial charge in [0, 0.05) is 56.7 Å². The number of amides is 2. The average molecular weight is 487 g/mol. The van der Waals surface area contributed by atoms with E-state index in [9.17, 15) is 22.8 Å². The Kier molecular flexibility index (Phi) is 6.72. The van der Waals surface area contributed by atoms with Crippen LogP contribution in [0.1, 0.15) is 18.2 Å². The van der Waals surface area contributed by atoms with Gasteiger partial charge in [-0.1, -0.05) is 6.07 Å². The molecule has 3 aromatic rings. The Morgan fingerprint density at radius 1 is 1.06 bits per heavy atom. The highest BCUT2D eigenvalue weighted by atomic mass is 19.4. The van der Waals surface area contributed by atoms with E-state index >= 15 is 0 Å². The number of carbonyl (C=O) groups is 2. The molecule has 3 heterocycles. The molecule has 1 aromatic carbocycles. The summed E-state index contributed by atoms with van der Waals surface area (Å²) in [6.07, 6.45) is -0.149. The lowest BCUT2D eigenvalue weighted by atomic mass is 10.1. The minimum absolute atomic E-state index is 0.000417. The molecule has 0 saturated carbocycles. The smallest absolute Gasteiger partial charge is 0.339 e. The summed E-state index contributed by atoms with van der Waals surface area (Å²) < 4.78 is 40.4. The van der Waals surface area contributed by atoms with E-state index in [0.29, 0.717) is 31.9 Å². The largest absolute Gasteiger partial charge is 0.433 e. The maximum absolute atomic E-state index is 12.9. The molecule has 0 bridgehead atoms. The second kappa shape index (κ2) is 9.72. The maximum atomic E-state index is 12.9. The summed E-state index contributed by atoms with van der Waals surface area (Å²) >= 11 is 0. The molecule has 0 spiro atoms. The molecule has 9 nitrogen and oxygen atoms in total. The van der Waals surface area contributed by atoms with Crippen LogP contribution in [-0.2, 0) is 22.3 Å². The molecule has 1 aliphatic heterocycles. The number of rotatable bonds is 5. The number of nitrogens with zero attached hydrogens (tertiary/aromatic N) is 6. The first-order chi connectivity index (χ1) is 16.6. The third-order valence-corrected chi connectivity index (χ3v) is 5.62. The summed E-state index contributed by atoms with van der Waals surface area (Å²) in [5, 5.41) is 7.11. The summed E-state index contributed by atoms with van der Waals surface area (Å²) in [6, 6.07) is 6.23. The van der Waals surface area contributed by atoms with Crippen LogP contribution in [0.2, 0.25) is 0 Å². The van der Waals surface area contributed by atoms with E-state index < -0.39 is 11.9 Å². The molecular weight excluding hydrogens is 463 g/mol. The van der Waals surface area contributed by atoms with E-state index in [-0.39, 0.29) is 24.3 Å². The zero-order chi connectivity index (χ0) is 25.2. The molecule has 184 valence electrons. The summed E-state index contributed by atoms with van der Waals surface area (Å²) in [7, 11) is 0. The van der Waals surface area contributed by atoms with Gasteiger partial charge < -0.3 is 15.1 Å². The Bertz CT molecular complexity index is 1230. The molecule has 1 N–H and O–H groups in total. The second-order valence-corrected chi connectivity index (χ2v) is 8.29. The number of aromatic nitrogens is 4. The van der Waals surface area contributed by atoms with Gasteiger partial charge in [0.1, 0.15) is 12.2 Å². The van der Waals surface area contributed by atoms with E-state index in [1.807, 2.05) is 13.0 Å². The van der Waals surface area contributed by atoms with Gasteiger partial charge in [-0.25, -0.2) is 9.97 Å². The zero-order valence-corrected chi connectivity index (χ0v) is 19.2. The Labute approximate surface area is 199 Å². The van der Waals surface area contributed by atoms with Gasteiger partial charge in [-0.3, -0.25) is 14.3 Å². The summed E-state index contributed by atoms with van der Waals surface area (Å²) in [5.41, 5.74) is 1.87. The van der Waals surface area contributed by atoms with Crippen LogP contribution in [0.4, 0.5) is 24.8 Å². The van der Waals surface area contributed by atoms with Crippen molar-refractivity contribution in [3.8, 4) is 11.1 Å². The third kappa shape index (κ3) is 5.94. The Balaban J connectivity index is 1.45. The fourth-order valence-electron chi connectivity index (χ4n) is 3.84. The second-order valence-electron chi connectivity index (χ2n) is 8.29. The fraction of sp³-hybridized carbons (Fsp3) is 0.348. The first-order valence-electron chi connectivity index (χ1n) is 10.9. The molecule has 12 heteroatoms. The first kappa shape index (κ1) is 24.2. The van der Waals surface area contributed by atoms with Crippen molar-refractivity contribution in [3.63, 3.8) is 0 Å². The number of piperazine rings is 1. The summed E-state index contributed by atoms with van der Waals surface area (Å²) in [5.74, 6) is -0.251. The predicted molar refractivity (Wildman–Crippen MR) is 122 cm³/mol. The molecule has 2 aromatic heterocycles. The first-order valence-corrected chi connectivity index (χ1v) is 10.9. The van der Waals surface area contributed by atoms with Crippen LogP contribution < -0.4 is 5.32 Å². The monoisotopic (exact) mass is 487 g/mol. The molecule has 4 rings (SSSR count). The average Bonchev–Trinajstić information content (AvgIpc) is 3.27. The van der Waals surface area contributed by atoms with Gasteiger partial charge in [0.15, 0.2) is 0 Å². The number of hydrogen-bond donors (Lipinski definition) is 1. The maximum Gasteiger partial charge on any atom is 0.433 e. The van der Waals surface area contributed by atoms with Crippen LogP contribution in [0.3, 0.4) is 0 Å². The van der Waals surface area contributed by atoms with Gasteiger partial charge in [0.05, 0.1) is 6.20 Å². The van der Waals surface area contributed by atoms with Gasteiger partial charge in [0.2, 0.25) is 17.8 Å². The predicted octanol–water partition coefficient (Wildman–Crippen LogP) is 3.10. The van der Waals surface area contributed by atoms with Crippen molar-refractivity contribution in [3.05, 3.63) is 54.1 Å². The van der Waals surface area contributed by atoms with Crippen LogP contribution in [0.25, 0.3) is 11.1 Å². The molecule has 1 fully saturated rings. The van der Waals surface area contributed by atoms with Crippen molar-refractivity contribution >= 4 is 23.5 Å².